The number of carboxylic acids is 1. The molecule has 2 aromatic rings. The fraction of sp³-hybridized carbons (Fsp3) is 0.200. The van der Waals surface area contributed by atoms with Crippen molar-refractivity contribution in [3.05, 3.63) is 63.1 Å². The molecule has 0 aliphatic rings. The molecular formula is C20H19Br2NO5S. The summed E-state index contributed by atoms with van der Waals surface area (Å²) in [6, 6.07) is 10.5. The molecule has 2 aromatic carbocycles. The minimum absolute atomic E-state index is 0.0918. The molecule has 154 valence electrons. The number of rotatable bonds is 7. The third-order valence-corrected chi connectivity index (χ3v) is 5.76. The van der Waals surface area contributed by atoms with E-state index in [0.717, 1.165) is 11.0 Å². The molecule has 0 spiro atoms. The lowest BCUT2D eigenvalue weighted by atomic mass is 9.96. The molecule has 3 N–H and O–H groups in total. The van der Waals surface area contributed by atoms with Gasteiger partial charge in [0.05, 0.1) is 4.47 Å². The van der Waals surface area contributed by atoms with Gasteiger partial charge in [0.2, 0.25) is 0 Å². The maximum atomic E-state index is 12.5. The van der Waals surface area contributed by atoms with E-state index in [4.69, 9.17) is 9.84 Å². The molecule has 0 aliphatic heterocycles. The summed E-state index contributed by atoms with van der Waals surface area (Å²) in [7, 11) is 0. The molecular weight excluding hydrogens is 526 g/mol. The number of ether oxygens (including phenoxy) is 1. The number of phenols is 1. The normalized spacial score (nSPS) is 13.1. The number of phenolic OH excluding ortho intramolecular Hbond substituents is 1. The number of hydrogen-bond acceptors (Lipinski definition) is 5. The fourth-order valence-corrected chi connectivity index (χ4v) is 4.20. The number of carbonyl (C=O) groups excluding carboxylic acids is 1. The van der Waals surface area contributed by atoms with Crippen molar-refractivity contribution in [2.45, 2.75) is 17.9 Å². The van der Waals surface area contributed by atoms with E-state index in [0.29, 0.717) is 20.2 Å². The van der Waals surface area contributed by atoms with Crippen molar-refractivity contribution in [1.29, 1.82) is 0 Å². The second-order valence-corrected chi connectivity index (χ2v) is 8.71. The Balaban J connectivity index is 2.29. The number of aromatic hydroxyl groups is 1. The second kappa shape index (κ2) is 10.7. The summed E-state index contributed by atoms with van der Waals surface area (Å²) in [4.78, 5) is 24.4. The Kier molecular flexibility index (Phi) is 8.60. The molecule has 29 heavy (non-hydrogen) atoms. The van der Waals surface area contributed by atoms with Gasteiger partial charge in [0.25, 0.3) is 0 Å². The molecule has 0 aliphatic carbocycles. The fourth-order valence-electron chi connectivity index (χ4n) is 2.53. The molecule has 1 amide bonds. The van der Waals surface area contributed by atoms with Gasteiger partial charge in [-0.1, -0.05) is 28.9 Å². The van der Waals surface area contributed by atoms with E-state index in [1.807, 2.05) is 18.4 Å². The Hall–Kier alpha value is -1.97. The molecule has 0 aromatic heterocycles. The van der Waals surface area contributed by atoms with Gasteiger partial charge in [0.1, 0.15) is 11.9 Å². The summed E-state index contributed by atoms with van der Waals surface area (Å²) < 4.78 is 6.66. The highest BCUT2D eigenvalue weighted by atomic mass is 79.9. The zero-order valence-electron chi connectivity index (χ0n) is 15.6. The largest absolute Gasteiger partial charge is 0.506 e. The van der Waals surface area contributed by atoms with Gasteiger partial charge in [-0.15, -0.1) is 11.8 Å². The first-order valence-electron chi connectivity index (χ1n) is 8.42. The Labute approximate surface area is 189 Å². The molecule has 0 bridgehead atoms. The van der Waals surface area contributed by atoms with Gasteiger partial charge in [-0.2, -0.15) is 0 Å². The molecule has 0 unspecified atom stereocenters. The quantitative estimate of drug-likeness (QED) is 0.283. The van der Waals surface area contributed by atoms with Gasteiger partial charge in [-0.3, -0.25) is 5.32 Å². The van der Waals surface area contributed by atoms with Crippen LogP contribution in [-0.2, 0) is 9.53 Å². The summed E-state index contributed by atoms with van der Waals surface area (Å²) in [6.07, 6.45) is 2.69. The number of thioether (sulfide) groups is 1. The summed E-state index contributed by atoms with van der Waals surface area (Å²) in [5, 5.41) is 22.0. The zero-order valence-corrected chi connectivity index (χ0v) is 19.5. The van der Waals surface area contributed by atoms with Crippen molar-refractivity contribution in [3.8, 4) is 5.75 Å². The maximum absolute atomic E-state index is 12.5. The van der Waals surface area contributed by atoms with Crippen molar-refractivity contribution in [2.24, 2.45) is 5.92 Å². The van der Waals surface area contributed by atoms with Crippen molar-refractivity contribution in [1.82, 2.24) is 0 Å². The van der Waals surface area contributed by atoms with E-state index in [2.05, 4.69) is 37.2 Å². The van der Waals surface area contributed by atoms with Crippen LogP contribution >= 0.6 is 43.6 Å². The number of aliphatic carboxylic acids is 1. The summed E-state index contributed by atoms with van der Waals surface area (Å²) in [5.74, 6) is -1.73. The maximum Gasteiger partial charge on any atom is 0.412 e. The van der Waals surface area contributed by atoms with Crippen LogP contribution in [-0.4, -0.2) is 28.5 Å². The third kappa shape index (κ3) is 6.80. The summed E-state index contributed by atoms with van der Waals surface area (Å²) in [5.41, 5.74) is 0.890. The van der Waals surface area contributed by atoms with Crippen LogP contribution in [0.15, 0.2) is 62.4 Å². The molecule has 0 heterocycles. The number of halogens is 2. The summed E-state index contributed by atoms with van der Waals surface area (Å²) in [6.45, 7) is 1.69. The number of benzene rings is 2. The summed E-state index contributed by atoms with van der Waals surface area (Å²) >= 11 is 8.19. The topological polar surface area (TPSA) is 95.9 Å². The van der Waals surface area contributed by atoms with Gasteiger partial charge in [-0.05, 0) is 58.6 Å². The Morgan fingerprint density at radius 1 is 1.21 bits per heavy atom. The number of carbonyl (C=O) groups is 2. The van der Waals surface area contributed by atoms with E-state index < -0.39 is 24.1 Å². The number of nitrogens with one attached hydrogen (secondary N) is 1. The van der Waals surface area contributed by atoms with Crippen LogP contribution in [0.4, 0.5) is 10.5 Å². The average molecular weight is 545 g/mol. The molecule has 2 atom stereocenters. The van der Waals surface area contributed by atoms with Crippen LogP contribution in [0.3, 0.4) is 0 Å². The number of anilines is 1. The van der Waals surface area contributed by atoms with Gasteiger partial charge < -0.3 is 14.9 Å². The highest BCUT2D eigenvalue weighted by Gasteiger charge is 2.26. The number of hydrogen-bond donors (Lipinski definition) is 3. The van der Waals surface area contributed by atoms with Crippen LogP contribution in [0.5, 0.6) is 5.75 Å². The minimum atomic E-state index is -1.12. The smallest absolute Gasteiger partial charge is 0.412 e. The highest BCUT2D eigenvalue weighted by molar-refractivity contribution is 9.11. The minimum Gasteiger partial charge on any atom is -0.506 e. The standard InChI is InChI=1S/C20H19Br2NO5S/c1-11(3-8-17(24)25)19(15-9-12(21)10-16(22)18(15)26)28-20(27)23-13-4-6-14(29-2)7-5-13/h3-11,19,26H,1-2H3,(H,23,27)(H,24,25)/b8-3+/t11-,19-/m0/s1. The van der Waals surface area contributed by atoms with E-state index in [-0.39, 0.29) is 5.75 Å². The van der Waals surface area contributed by atoms with Crippen LogP contribution in [0.2, 0.25) is 0 Å². The molecule has 0 saturated heterocycles. The van der Waals surface area contributed by atoms with Crippen molar-refractivity contribution < 1.29 is 24.5 Å². The number of amides is 1. The molecule has 0 radical (unpaired) electrons. The predicted octanol–water partition coefficient (Wildman–Crippen LogP) is 6.21. The molecule has 0 saturated carbocycles. The predicted molar refractivity (Wildman–Crippen MR) is 121 cm³/mol. The SMILES string of the molecule is CSc1ccc(NC(=O)O[C@H](c2cc(Br)cc(Br)c2O)[C@@H](C)/C=C/C(=O)O)cc1. The lowest BCUT2D eigenvalue weighted by molar-refractivity contribution is -0.131. The van der Waals surface area contributed by atoms with Gasteiger partial charge in [-0.25, -0.2) is 9.59 Å². The van der Waals surface area contributed by atoms with E-state index in [9.17, 15) is 14.7 Å². The van der Waals surface area contributed by atoms with Crippen LogP contribution < -0.4 is 5.32 Å². The molecule has 6 nitrogen and oxygen atoms in total. The third-order valence-electron chi connectivity index (χ3n) is 3.95. The van der Waals surface area contributed by atoms with Crippen LogP contribution in [0.25, 0.3) is 0 Å². The van der Waals surface area contributed by atoms with Crippen molar-refractivity contribution in [3.63, 3.8) is 0 Å². The second-order valence-electron chi connectivity index (χ2n) is 6.06. The zero-order chi connectivity index (χ0) is 21.6. The molecule has 2 rings (SSSR count). The van der Waals surface area contributed by atoms with Crippen LogP contribution in [0, 0.1) is 5.92 Å². The molecule has 9 heteroatoms. The van der Waals surface area contributed by atoms with Gasteiger partial charge in [0, 0.05) is 32.6 Å². The monoisotopic (exact) mass is 543 g/mol. The van der Waals surface area contributed by atoms with E-state index in [1.54, 1.807) is 43.0 Å². The lowest BCUT2D eigenvalue weighted by Crippen LogP contribution is -2.21. The Morgan fingerprint density at radius 3 is 2.45 bits per heavy atom. The molecule has 0 fully saturated rings. The lowest BCUT2D eigenvalue weighted by Gasteiger charge is -2.24. The van der Waals surface area contributed by atoms with Crippen molar-refractivity contribution in [2.75, 3.05) is 11.6 Å². The Morgan fingerprint density at radius 2 is 1.86 bits per heavy atom. The first kappa shape index (κ1) is 23.3. The number of carboxylic acid groups (broad SMARTS) is 1. The first-order chi connectivity index (χ1) is 13.7. The Bertz CT molecular complexity index is 918. The first-order valence-corrected chi connectivity index (χ1v) is 11.2. The van der Waals surface area contributed by atoms with Gasteiger partial charge >= 0.3 is 12.1 Å². The highest BCUT2D eigenvalue weighted by Crippen LogP contribution is 2.40. The van der Waals surface area contributed by atoms with E-state index >= 15 is 0 Å². The average Bonchev–Trinajstić information content (AvgIpc) is 2.67. The van der Waals surface area contributed by atoms with Gasteiger partial charge in [0.15, 0.2) is 0 Å². The van der Waals surface area contributed by atoms with Crippen LogP contribution in [0.1, 0.15) is 18.6 Å². The van der Waals surface area contributed by atoms with E-state index in [1.165, 1.54) is 6.08 Å². The van der Waals surface area contributed by atoms with Crippen molar-refractivity contribution >= 4 is 61.4 Å².